The molecule has 0 bridgehead atoms. The molecule has 0 amide bonds. The first-order chi connectivity index (χ1) is 27.3. The van der Waals surface area contributed by atoms with Crippen LogP contribution in [0.15, 0.2) is 108 Å². The molecular formula is C44H51N4NaO8S2. The molecule has 0 saturated carbocycles. The van der Waals surface area contributed by atoms with Crippen molar-refractivity contribution in [3.8, 4) is 0 Å². The van der Waals surface area contributed by atoms with Crippen molar-refractivity contribution in [3.63, 3.8) is 0 Å². The summed E-state index contributed by atoms with van der Waals surface area (Å²) in [5.41, 5.74) is 15.0. The molecule has 3 aromatic rings. The van der Waals surface area contributed by atoms with Crippen LogP contribution in [0.4, 0.5) is 22.7 Å². The van der Waals surface area contributed by atoms with Crippen molar-refractivity contribution in [2.75, 3.05) is 35.2 Å². The molecule has 2 aliphatic heterocycles. The van der Waals surface area contributed by atoms with Crippen LogP contribution in [0.1, 0.15) is 89.3 Å². The Bertz CT molecular complexity index is 2500. The largest absolute Gasteiger partial charge is 1.00 e. The van der Waals surface area contributed by atoms with Crippen LogP contribution in [0.3, 0.4) is 0 Å². The van der Waals surface area contributed by atoms with Crippen molar-refractivity contribution >= 4 is 54.3 Å². The predicted molar refractivity (Wildman–Crippen MR) is 227 cm³/mol. The number of unbranched alkanes of at least 4 members (excludes halogenated alkanes) is 2. The molecule has 0 unspecified atom stereocenters. The first-order valence-corrected chi connectivity index (χ1v) is 22.8. The molecule has 0 atom stereocenters. The molecule has 59 heavy (non-hydrogen) atoms. The van der Waals surface area contributed by atoms with Gasteiger partial charge in [-0.25, -0.2) is 16.8 Å². The number of nitrogen functional groups attached to an aromatic ring is 1. The third-order valence-corrected chi connectivity index (χ3v) is 13.2. The fourth-order valence-electron chi connectivity index (χ4n) is 8.71. The Balaban J connectivity index is 0.00000661. The number of hydrogen-bond donors (Lipinski definition) is 1. The summed E-state index contributed by atoms with van der Waals surface area (Å²) in [6.45, 7) is 9.64. The maximum atomic E-state index is 12.1. The van der Waals surface area contributed by atoms with E-state index in [0.29, 0.717) is 44.3 Å². The van der Waals surface area contributed by atoms with Crippen LogP contribution in [-0.2, 0) is 31.1 Å². The summed E-state index contributed by atoms with van der Waals surface area (Å²) in [6, 6.07) is 21.2. The third kappa shape index (κ3) is 10.4. The summed E-state index contributed by atoms with van der Waals surface area (Å²) in [5.74, 6) is -0.835. The number of rotatable bonds is 15. The van der Waals surface area contributed by atoms with Gasteiger partial charge in [0, 0.05) is 65.0 Å². The van der Waals surface area contributed by atoms with E-state index < -0.39 is 47.5 Å². The van der Waals surface area contributed by atoms with Crippen LogP contribution in [0, 0.1) is 10.1 Å². The summed E-state index contributed by atoms with van der Waals surface area (Å²) in [5, 5.41) is 12.1. The Labute approximate surface area is 370 Å². The average molecular weight is 851 g/mol. The van der Waals surface area contributed by atoms with Crippen LogP contribution in [0.2, 0.25) is 0 Å². The Hall–Kier alpha value is -3.89. The van der Waals surface area contributed by atoms with Crippen molar-refractivity contribution in [3.05, 3.63) is 135 Å². The topological polar surface area (TPSA) is 190 Å². The van der Waals surface area contributed by atoms with Crippen LogP contribution in [-0.4, -0.2) is 65.7 Å². The molecule has 0 saturated heterocycles. The van der Waals surface area contributed by atoms with Gasteiger partial charge in [0.15, 0.2) is 5.71 Å². The van der Waals surface area contributed by atoms with E-state index >= 15 is 0 Å². The SMILES string of the molecule is CC1(C)C(/C=C/C2=C(c3ccc(N)c([N+](=O)[O-])c3)C(=C/C=C3/N(CCCCS(=O)(=O)[O-])c4ccccc4C3(C)C)/CCC2)=[N+](CCCCS(=O)(=O)[O-])c2ccccc21.[Na+]. The van der Waals surface area contributed by atoms with Gasteiger partial charge in [-0.05, 0) is 98.4 Å². The Morgan fingerprint density at radius 1 is 0.814 bits per heavy atom. The number of benzene rings is 3. The molecule has 3 aromatic carbocycles. The third-order valence-electron chi connectivity index (χ3n) is 11.6. The summed E-state index contributed by atoms with van der Waals surface area (Å²) >= 11 is 0. The zero-order valence-corrected chi connectivity index (χ0v) is 38.1. The second kappa shape index (κ2) is 18.4. The molecule has 0 radical (unpaired) electrons. The number of nitrogens with two attached hydrogens (primary N) is 1. The van der Waals surface area contributed by atoms with Gasteiger partial charge in [0.2, 0.25) is 5.69 Å². The smallest absolute Gasteiger partial charge is 0.748 e. The second-order valence-electron chi connectivity index (χ2n) is 16.3. The van der Waals surface area contributed by atoms with E-state index in [9.17, 15) is 36.1 Å². The zero-order chi connectivity index (χ0) is 42.0. The fourth-order valence-corrected chi connectivity index (χ4v) is 9.82. The van der Waals surface area contributed by atoms with Crippen LogP contribution < -0.4 is 40.2 Å². The average Bonchev–Trinajstić information content (AvgIpc) is 3.50. The van der Waals surface area contributed by atoms with Crippen LogP contribution in [0.5, 0.6) is 0 Å². The number of hydrogen-bond acceptors (Lipinski definition) is 10. The number of anilines is 2. The Morgan fingerprint density at radius 2 is 1.46 bits per heavy atom. The summed E-state index contributed by atoms with van der Waals surface area (Å²) in [4.78, 5) is 13.9. The van der Waals surface area contributed by atoms with Gasteiger partial charge >= 0.3 is 29.6 Å². The first kappa shape index (κ1) is 46.2. The molecule has 0 spiro atoms. The van der Waals surface area contributed by atoms with E-state index in [4.69, 9.17) is 5.73 Å². The van der Waals surface area contributed by atoms with E-state index in [1.807, 2.05) is 42.5 Å². The van der Waals surface area contributed by atoms with Gasteiger partial charge in [-0.1, -0.05) is 68.5 Å². The number of allylic oxidation sites excluding steroid dienone is 8. The van der Waals surface area contributed by atoms with Gasteiger partial charge in [0.25, 0.3) is 5.69 Å². The number of nitrogens with zero attached hydrogens (tertiary/aromatic N) is 3. The Morgan fingerprint density at radius 3 is 2.14 bits per heavy atom. The molecule has 0 fully saturated rings. The van der Waals surface area contributed by atoms with Crippen molar-refractivity contribution in [2.45, 2.75) is 83.5 Å². The standard InChI is InChI=1S/C44H52N4O8S2.Na/c1-43(2)34-16-5-7-18-37(34)46(26-9-11-28-57(51,52)53)40(43)24-21-31-14-13-15-32(42(31)33-20-23-36(45)39(30-33)48(49)50)22-25-41-44(3,4)35-17-6-8-19-38(35)47(41)27-10-12-29-58(54,55)56;/h5-8,16-25,30,45H,9-15,26-29H2,1-4H3,(H2,51,52,53,54,55,56);/q;+1/p-1/b31-21+,40-24+;. The van der Waals surface area contributed by atoms with Gasteiger partial charge in [0.1, 0.15) is 12.2 Å². The molecule has 308 valence electrons. The predicted octanol–water partition coefficient (Wildman–Crippen LogP) is 5.01. The van der Waals surface area contributed by atoms with E-state index in [1.54, 1.807) is 6.07 Å². The summed E-state index contributed by atoms with van der Waals surface area (Å²) in [7, 11) is -8.65. The molecule has 1 aliphatic carbocycles. The van der Waals surface area contributed by atoms with Gasteiger partial charge in [-0.3, -0.25) is 10.1 Å². The van der Waals surface area contributed by atoms with E-state index in [0.717, 1.165) is 57.1 Å². The molecule has 0 aromatic heterocycles. The molecule has 2 heterocycles. The van der Waals surface area contributed by atoms with Crippen molar-refractivity contribution < 1.29 is 65.0 Å². The Kier molecular flexibility index (Phi) is 14.4. The maximum Gasteiger partial charge on any atom is 1.00 e. The maximum absolute atomic E-state index is 12.1. The van der Waals surface area contributed by atoms with Gasteiger partial charge in [-0.15, -0.1) is 0 Å². The van der Waals surface area contributed by atoms with Crippen molar-refractivity contribution in [1.29, 1.82) is 0 Å². The van der Waals surface area contributed by atoms with Crippen molar-refractivity contribution in [1.82, 2.24) is 0 Å². The second-order valence-corrected chi connectivity index (χ2v) is 19.3. The number of fused-ring (bicyclic) bond motifs is 2. The van der Waals surface area contributed by atoms with Gasteiger partial charge < -0.3 is 19.7 Å². The normalized spacial score (nSPS) is 18.8. The van der Waals surface area contributed by atoms with E-state index in [1.165, 1.54) is 6.07 Å². The zero-order valence-electron chi connectivity index (χ0n) is 34.4. The first-order valence-electron chi connectivity index (χ1n) is 19.7. The minimum atomic E-state index is -4.32. The molecule has 3 aliphatic rings. The van der Waals surface area contributed by atoms with E-state index in [2.05, 4.69) is 73.6 Å². The monoisotopic (exact) mass is 850 g/mol. The minimum absolute atomic E-state index is 0. The quantitative estimate of drug-likeness (QED) is 0.0414. The molecule has 2 N–H and O–H groups in total. The number of nitro benzene ring substituents is 1. The molecule has 15 heteroatoms. The minimum Gasteiger partial charge on any atom is -0.748 e. The molecule has 6 rings (SSSR count). The number of nitro groups is 1. The van der Waals surface area contributed by atoms with Crippen molar-refractivity contribution in [2.24, 2.45) is 0 Å². The fraction of sp³-hybridized carbons (Fsp3) is 0.386. The molecular weight excluding hydrogens is 800 g/mol. The van der Waals surface area contributed by atoms with Gasteiger partial charge in [0.05, 0.1) is 30.6 Å². The van der Waals surface area contributed by atoms with Gasteiger partial charge in [-0.2, -0.15) is 4.58 Å². The van der Waals surface area contributed by atoms with E-state index in [-0.39, 0.29) is 53.8 Å². The summed E-state index contributed by atoms with van der Waals surface area (Å²) < 4.78 is 70.3. The number of para-hydroxylation sites is 2. The van der Waals surface area contributed by atoms with Crippen LogP contribution in [0.25, 0.3) is 5.57 Å². The van der Waals surface area contributed by atoms with Crippen LogP contribution >= 0.6 is 0 Å². The summed E-state index contributed by atoms with van der Waals surface area (Å²) in [6.07, 6.45) is 12.2. The molecule has 12 nitrogen and oxygen atoms in total.